The Balaban J connectivity index is 1.72. The van der Waals surface area contributed by atoms with Crippen LogP contribution in [-0.4, -0.2) is 63.9 Å². The highest BCUT2D eigenvalue weighted by atomic mass is 127. The number of nitrogens with one attached hydrogen (secondary N) is 1. The van der Waals surface area contributed by atoms with Gasteiger partial charge in [0.25, 0.3) is 0 Å². The van der Waals surface area contributed by atoms with Gasteiger partial charge in [-0.15, -0.1) is 0 Å². The van der Waals surface area contributed by atoms with Crippen LogP contribution in [0.5, 0.6) is 0 Å². The van der Waals surface area contributed by atoms with Crippen LogP contribution >= 0.6 is 22.6 Å². The van der Waals surface area contributed by atoms with E-state index >= 15 is 4.39 Å². The lowest BCUT2D eigenvalue weighted by molar-refractivity contribution is -0.150. The van der Waals surface area contributed by atoms with Crippen LogP contribution in [0, 0.1) is 19.7 Å². The summed E-state index contributed by atoms with van der Waals surface area (Å²) in [6.45, 7) is 4.87. The van der Waals surface area contributed by atoms with Crippen LogP contribution in [0.25, 0.3) is 0 Å². The zero-order chi connectivity index (χ0) is 27.0. The molecule has 0 spiro atoms. The van der Waals surface area contributed by atoms with Crippen molar-refractivity contribution in [3.63, 3.8) is 0 Å². The molecule has 1 aliphatic rings. The standard InChI is InChI=1S/C24H30FIN4O6S/c1-16-3-4-17(2)18(11-16)12-23-28-22(14-36-24(31)15-35-10-9-34-8-7-26)29-30(23)21-6-5-19(13-20(21)25)37(27,32)33/h3-6,11,13,22,29H,7-10,12,14-15H2,1-2H3,(H2,27,32,33). The predicted molar refractivity (Wildman–Crippen MR) is 146 cm³/mol. The Bertz CT molecular complexity index is 1240. The number of carbonyl (C=O) groups is 1. The number of amidine groups is 1. The van der Waals surface area contributed by atoms with Gasteiger partial charge in [-0.2, -0.15) is 0 Å². The predicted octanol–water partition coefficient (Wildman–Crippen LogP) is 2.39. The summed E-state index contributed by atoms with van der Waals surface area (Å²) >= 11 is 2.20. The van der Waals surface area contributed by atoms with E-state index in [1.807, 2.05) is 32.0 Å². The van der Waals surface area contributed by atoms with Gasteiger partial charge in [0.2, 0.25) is 10.0 Å². The number of carbonyl (C=O) groups excluding carboxylic acids is 1. The zero-order valence-electron chi connectivity index (χ0n) is 20.6. The molecule has 202 valence electrons. The second-order valence-electron chi connectivity index (χ2n) is 8.33. The van der Waals surface area contributed by atoms with E-state index in [1.54, 1.807) is 0 Å². The third-order valence-electron chi connectivity index (χ3n) is 5.40. The van der Waals surface area contributed by atoms with Gasteiger partial charge < -0.3 is 14.2 Å². The summed E-state index contributed by atoms with van der Waals surface area (Å²) < 4.78 is 54.9. The fourth-order valence-electron chi connectivity index (χ4n) is 3.55. The van der Waals surface area contributed by atoms with E-state index in [9.17, 15) is 13.2 Å². The van der Waals surface area contributed by atoms with E-state index in [1.165, 1.54) is 17.1 Å². The molecule has 2 aromatic rings. The van der Waals surface area contributed by atoms with Gasteiger partial charge in [-0.05, 0) is 43.2 Å². The third-order valence-corrected chi connectivity index (χ3v) is 6.75. The lowest BCUT2D eigenvalue weighted by Crippen LogP contribution is -2.43. The first kappa shape index (κ1) is 29.4. The Morgan fingerprint density at radius 1 is 1.16 bits per heavy atom. The number of aryl methyl sites for hydroxylation is 2. The molecular formula is C24H30FIN4O6S. The molecule has 1 atom stereocenters. The summed E-state index contributed by atoms with van der Waals surface area (Å²) in [7, 11) is -4.07. The van der Waals surface area contributed by atoms with Crippen molar-refractivity contribution in [2.75, 3.05) is 42.5 Å². The molecule has 3 rings (SSSR count). The third kappa shape index (κ3) is 8.68. The first-order valence-corrected chi connectivity index (χ1v) is 14.5. The largest absolute Gasteiger partial charge is 0.460 e. The smallest absolute Gasteiger partial charge is 0.332 e. The molecule has 0 radical (unpaired) electrons. The van der Waals surface area contributed by atoms with Crippen LogP contribution in [0.3, 0.4) is 0 Å². The number of hydrogen-bond donors (Lipinski definition) is 2. The fraction of sp³-hybridized carbons (Fsp3) is 0.417. The SMILES string of the molecule is Cc1ccc(C)c(CC2=NC(COC(=O)COCCOCCI)NN2c2ccc(S(N)(=O)=O)cc2F)c1. The van der Waals surface area contributed by atoms with E-state index in [2.05, 4.69) is 33.0 Å². The van der Waals surface area contributed by atoms with Crippen LogP contribution in [0.4, 0.5) is 10.1 Å². The van der Waals surface area contributed by atoms with Gasteiger partial charge in [0.1, 0.15) is 24.9 Å². The maximum atomic E-state index is 15.0. The van der Waals surface area contributed by atoms with Gasteiger partial charge in [0, 0.05) is 10.8 Å². The number of nitrogens with two attached hydrogens (primary N) is 1. The highest BCUT2D eigenvalue weighted by molar-refractivity contribution is 14.1. The molecule has 0 aromatic heterocycles. The highest BCUT2D eigenvalue weighted by Crippen LogP contribution is 2.26. The van der Waals surface area contributed by atoms with Crippen molar-refractivity contribution in [3.05, 3.63) is 58.9 Å². The average Bonchev–Trinajstić information content (AvgIpc) is 3.24. The summed E-state index contributed by atoms with van der Waals surface area (Å²) in [6, 6.07) is 9.40. The Morgan fingerprint density at radius 2 is 1.92 bits per heavy atom. The normalized spacial score (nSPS) is 15.6. The van der Waals surface area contributed by atoms with Gasteiger partial charge in [-0.25, -0.2) is 33.2 Å². The molecule has 13 heteroatoms. The van der Waals surface area contributed by atoms with Gasteiger partial charge >= 0.3 is 5.97 Å². The molecule has 10 nitrogen and oxygen atoms in total. The quantitative estimate of drug-likeness (QED) is 0.147. The van der Waals surface area contributed by atoms with Crippen molar-refractivity contribution >= 4 is 50.1 Å². The van der Waals surface area contributed by atoms with E-state index < -0.39 is 28.0 Å². The van der Waals surface area contributed by atoms with Gasteiger partial charge in [0.15, 0.2) is 6.17 Å². The van der Waals surface area contributed by atoms with Crippen molar-refractivity contribution in [3.8, 4) is 0 Å². The van der Waals surface area contributed by atoms with Crippen LogP contribution in [-0.2, 0) is 35.4 Å². The molecule has 0 fully saturated rings. The molecule has 0 aliphatic carbocycles. The maximum Gasteiger partial charge on any atom is 0.332 e. The van der Waals surface area contributed by atoms with Crippen LogP contribution < -0.4 is 15.6 Å². The molecule has 0 saturated carbocycles. The van der Waals surface area contributed by atoms with Crippen molar-refractivity contribution in [2.45, 2.75) is 31.3 Å². The van der Waals surface area contributed by atoms with Crippen molar-refractivity contribution in [1.82, 2.24) is 5.43 Å². The van der Waals surface area contributed by atoms with E-state index in [0.29, 0.717) is 25.5 Å². The van der Waals surface area contributed by atoms with E-state index in [4.69, 9.17) is 19.3 Å². The first-order valence-electron chi connectivity index (χ1n) is 11.5. The zero-order valence-corrected chi connectivity index (χ0v) is 23.6. The monoisotopic (exact) mass is 648 g/mol. The second-order valence-corrected chi connectivity index (χ2v) is 11.0. The number of esters is 1. The van der Waals surface area contributed by atoms with Gasteiger partial charge in [-0.3, -0.25) is 5.01 Å². The number of halogens is 2. The van der Waals surface area contributed by atoms with Crippen molar-refractivity contribution in [2.24, 2.45) is 10.1 Å². The number of primary sulfonamides is 1. The molecule has 3 N–H and O–H groups in total. The number of anilines is 1. The topological polar surface area (TPSA) is 133 Å². The maximum absolute atomic E-state index is 15.0. The van der Waals surface area contributed by atoms with Gasteiger partial charge in [-0.1, -0.05) is 46.4 Å². The molecule has 1 unspecified atom stereocenters. The lowest BCUT2D eigenvalue weighted by atomic mass is 10.0. The van der Waals surface area contributed by atoms with Crippen molar-refractivity contribution in [1.29, 1.82) is 0 Å². The Labute approximate surface area is 229 Å². The number of rotatable bonds is 13. The molecular weight excluding hydrogens is 618 g/mol. The number of hydrogen-bond acceptors (Lipinski definition) is 9. The first-order chi connectivity index (χ1) is 17.6. The number of hydrazine groups is 1. The van der Waals surface area contributed by atoms with Crippen LogP contribution in [0.15, 0.2) is 46.3 Å². The molecule has 0 bridgehead atoms. The Morgan fingerprint density at radius 3 is 2.62 bits per heavy atom. The fourth-order valence-corrected chi connectivity index (χ4v) is 4.39. The molecule has 0 saturated heterocycles. The van der Waals surface area contributed by atoms with Crippen molar-refractivity contribution < 1.29 is 31.8 Å². The lowest BCUT2D eigenvalue weighted by Gasteiger charge is -2.23. The molecule has 1 heterocycles. The number of alkyl halides is 1. The molecule has 37 heavy (non-hydrogen) atoms. The Kier molecular flexibility index (Phi) is 10.8. The molecule has 1 aliphatic heterocycles. The minimum Gasteiger partial charge on any atom is -0.460 e. The minimum atomic E-state index is -4.07. The number of nitrogens with zero attached hydrogens (tertiary/aromatic N) is 2. The van der Waals surface area contributed by atoms with E-state index in [-0.39, 0.29) is 30.4 Å². The average molecular weight is 648 g/mol. The summed E-state index contributed by atoms with van der Waals surface area (Å²) in [5, 5.41) is 6.56. The summed E-state index contributed by atoms with van der Waals surface area (Å²) in [5.74, 6) is -0.895. The summed E-state index contributed by atoms with van der Waals surface area (Å²) in [6.07, 6.45) is -0.324. The van der Waals surface area contributed by atoms with Crippen LogP contribution in [0.1, 0.15) is 16.7 Å². The number of sulfonamides is 1. The summed E-state index contributed by atoms with van der Waals surface area (Å²) in [5.41, 5.74) is 6.17. The Hall–Kier alpha value is -2.17. The van der Waals surface area contributed by atoms with Gasteiger partial charge in [0.05, 0.1) is 30.4 Å². The van der Waals surface area contributed by atoms with E-state index in [0.717, 1.165) is 27.2 Å². The molecule has 0 amide bonds. The highest BCUT2D eigenvalue weighted by Gasteiger charge is 2.29. The molecule has 2 aromatic carbocycles. The number of ether oxygens (including phenoxy) is 3. The van der Waals surface area contributed by atoms with Crippen LogP contribution in [0.2, 0.25) is 0 Å². The second kappa shape index (κ2) is 13.6. The number of benzene rings is 2. The summed E-state index contributed by atoms with van der Waals surface area (Å²) in [4.78, 5) is 16.3. The number of aliphatic imine (C=N–C) groups is 1. The minimum absolute atomic E-state index is 0.0557.